The Hall–Kier alpha value is -2.37. The largest absolute Gasteiger partial charge is 0.325 e. The number of nitrogens with zero attached hydrogens (tertiary/aromatic N) is 1. The topological polar surface area (TPSA) is 78.5 Å². The van der Waals surface area contributed by atoms with Crippen LogP contribution < -0.4 is 10.6 Å². The van der Waals surface area contributed by atoms with Crippen LogP contribution in [0.3, 0.4) is 0 Å². The number of hydrogen-bond donors (Lipinski definition) is 2. The quantitative estimate of drug-likeness (QED) is 0.753. The second-order valence-corrected chi connectivity index (χ2v) is 10.6. The zero-order valence-electron chi connectivity index (χ0n) is 18.4. The molecule has 0 radical (unpaired) electrons. The van der Waals surface area contributed by atoms with Crippen LogP contribution in [-0.2, 0) is 15.0 Å². The van der Waals surface area contributed by atoms with Crippen molar-refractivity contribution in [2.45, 2.75) is 71.8 Å². The predicted octanol–water partition coefficient (Wildman–Crippen LogP) is 4.06. The summed E-state index contributed by atoms with van der Waals surface area (Å²) < 4.78 is 0. The van der Waals surface area contributed by atoms with Crippen LogP contribution >= 0.6 is 0 Å². The van der Waals surface area contributed by atoms with E-state index in [-0.39, 0.29) is 29.2 Å². The van der Waals surface area contributed by atoms with Crippen molar-refractivity contribution in [2.24, 2.45) is 11.3 Å². The van der Waals surface area contributed by atoms with Gasteiger partial charge in [0.25, 0.3) is 5.91 Å². The fourth-order valence-corrected chi connectivity index (χ4v) is 5.23. The molecule has 2 unspecified atom stereocenters. The van der Waals surface area contributed by atoms with Crippen molar-refractivity contribution in [1.82, 2.24) is 10.2 Å². The summed E-state index contributed by atoms with van der Waals surface area (Å²) in [6.07, 6.45) is 2.23. The minimum atomic E-state index is -0.887. The molecule has 3 rings (SSSR count). The minimum absolute atomic E-state index is 0.0372. The van der Waals surface area contributed by atoms with Gasteiger partial charge in [-0.3, -0.25) is 14.5 Å². The first-order chi connectivity index (χ1) is 13.3. The Labute approximate surface area is 173 Å². The summed E-state index contributed by atoms with van der Waals surface area (Å²) in [6, 6.07) is 7.14. The smallest absolute Gasteiger partial charge is 0.324 e. The van der Waals surface area contributed by atoms with Crippen LogP contribution in [0.2, 0.25) is 0 Å². The van der Waals surface area contributed by atoms with Gasteiger partial charge in [0.1, 0.15) is 12.1 Å². The lowest BCUT2D eigenvalue weighted by atomic mass is 9.64. The van der Waals surface area contributed by atoms with Gasteiger partial charge in [-0.2, -0.15) is 0 Å². The third-order valence-electron chi connectivity index (χ3n) is 5.94. The normalized spacial score (nSPS) is 26.6. The Kier molecular flexibility index (Phi) is 5.26. The highest BCUT2D eigenvalue weighted by atomic mass is 16.2. The Morgan fingerprint density at radius 3 is 2.48 bits per heavy atom. The molecule has 4 amide bonds. The highest BCUT2D eigenvalue weighted by Gasteiger charge is 2.56. The van der Waals surface area contributed by atoms with E-state index in [0.29, 0.717) is 24.4 Å². The fraction of sp³-hybridized carbons (Fsp3) is 0.609. The maximum absolute atomic E-state index is 13.2. The van der Waals surface area contributed by atoms with Gasteiger partial charge in [0, 0.05) is 5.69 Å². The van der Waals surface area contributed by atoms with E-state index in [1.54, 1.807) is 0 Å². The summed E-state index contributed by atoms with van der Waals surface area (Å²) in [5.41, 5.74) is 0.648. The number of amides is 4. The number of nitrogens with one attached hydrogen (secondary N) is 2. The standard InChI is InChI=1S/C23H33N3O3/c1-15-11-22(5,6)14-23(12-15)19(28)26(20(29)25-23)13-18(27)24-17-10-8-7-9-16(17)21(2,3)4/h7-10,15H,11-14H2,1-6H3,(H,24,27)(H,25,29). The summed E-state index contributed by atoms with van der Waals surface area (Å²) in [6.45, 7) is 12.3. The molecule has 1 spiro atoms. The van der Waals surface area contributed by atoms with Gasteiger partial charge in [0.05, 0.1) is 0 Å². The van der Waals surface area contributed by atoms with Crippen molar-refractivity contribution >= 4 is 23.5 Å². The molecule has 1 heterocycles. The van der Waals surface area contributed by atoms with Crippen molar-refractivity contribution < 1.29 is 14.4 Å². The molecule has 2 fully saturated rings. The zero-order valence-corrected chi connectivity index (χ0v) is 18.4. The van der Waals surface area contributed by atoms with Crippen LogP contribution in [-0.4, -0.2) is 34.8 Å². The van der Waals surface area contributed by atoms with Crippen molar-refractivity contribution in [2.75, 3.05) is 11.9 Å². The molecule has 2 aliphatic rings. The fourth-order valence-electron chi connectivity index (χ4n) is 5.23. The van der Waals surface area contributed by atoms with Crippen molar-refractivity contribution in [3.8, 4) is 0 Å². The molecule has 1 aromatic rings. The molecule has 1 aromatic carbocycles. The molecule has 1 saturated heterocycles. The molecule has 1 aliphatic heterocycles. The van der Waals surface area contributed by atoms with Gasteiger partial charge in [-0.05, 0) is 47.6 Å². The number of imide groups is 1. The number of benzene rings is 1. The van der Waals surface area contributed by atoms with E-state index in [2.05, 4.69) is 52.2 Å². The molecule has 0 aromatic heterocycles. The summed E-state index contributed by atoms with van der Waals surface area (Å²) in [5.74, 6) is -0.317. The van der Waals surface area contributed by atoms with Crippen LogP contribution in [0.4, 0.5) is 10.5 Å². The van der Waals surface area contributed by atoms with Crippen LogP contribution in [0.5, 0.6) is 0 Å². The second kappa shape index (κ2) is 7.15. The van der Waals surface area contributed by atoms with Gasteiger partial charge < -0.3 is 10.6 Å². The Balaban J connectivity index is 1.75. The summed E-state index contributed by atoms with van der Waals surface area (Å²) in [7, 11) is 0. The number of hydrogen-bond acceptors (Lipinski definition) is 3. The van der Waals surface area contributed by atoms with Crippen LogP contribution in [0.25, 0.3) is 0 Å². The molecule has 6 nitrogen and oxygen atoms in total. The Bertz CT molecular complexity index is 840. The number of para-hydroxylation sites is 1. The first-order valence-corrected chi connectivity index (χ1v) is 10.4. The number of anilines is 1. The number of rotatable bonds is 3. The van der Waals surface area contributed by atoms with E-state index in [1.165, 1.54) is 0 Å². The average molecular weight is 400 g/mol. The van der Waals surface area contributed by atoms with E-state index >= 15 is 0 Å². The maximum Gasteiger partial charge on any atom is 0.325 e. The molecule has 1 aliphatic carbocycles. The highest BCUT2D eigenvalue weighted by molar-refractivity contribution is 6.10. The van der Waals surface area contributed by atoms with E-state index < -0.39 is 11.6 Å². The molecular weight excluding hydrogens is 366 g/mol. The molecule has 6 heteroatoms. The van der Waals surface area contributed by atoms with E-state index in [1.807, 2.05) is 24.3 Å². The third-order valence-corrected chi connectivity index (χ3v) is 5.94. The van der Waals surface area contributed by atoms with Crippen molar-refractivity contribution in [1.29, 1.82) is 0 Å². The van der Waals surface area contributed by atoms with Crippen molar-refractivity contribution in [3.05, 3.63) is 29.8 Å². The number of carbonyl (C=O) groups is 3. The Morgan fingerprint density at radius 1 is 1.21 bits per heavy atom. The second-order valence-electron chi connectivity index (χ2n) is 10.6. The van der Waals surface area contributed by atoms with E-state index in [0.717, 1.165) is 16.9 Å². The monoisotopic (exact) mass is 399 g/mol. The van der Waals surface area contributed by atoms with E-state index in [9.17, 15) is 14.4 Å². The summed E-state index contributed by atoms with van der Waals surface area (Å²) >= 11 is 0. The molecule has 2 N–H and O–H groups in total. The molecule has 158 valence electrons. The predicted molar refractivity (Wildman–Crippen MR) is 114 cm³/mol. The van der Waals surface area contributed by atoms with Gasteiger partial charge in [0.15, 0.2) is 0 Å². The number of carbonyl (C=O) groups excluding carboxylic acids is 3. The zero-order chi connectivity index (χ0) is 21.6. The van der Waals surface area contributed by atoms with Crippen molar-refractivity contribution in [3.63, 3.8) is 0 Å². The lowest BCUT2D eigenvalue weighted by molar-refractivity contribution is -0.136. The molecular formula is C23H33N3O3. The first kappa shape index (κ1) is 21.3. The van der Waals surface area contributed by atoms with Gasteiger partial charge in [0.2, 0.25) is 5.91 Å². The van der Waals surface area contributed by atoms with E-state index in [4.69, 9.17) is 0 Å². The maximum atomic E-state index is 13.2. The molecule has 0 bridgehead atoms. The van der Waals surface area contributed by atoms with Gasteiger partial charge >= 0.3 is 6.03 Å². The van der Waals surface area contributed by atoms with Gasteiger partial charge in [-0.1, -0.05) is 59.7 Å². The lowest BCUT2D eigenvalue weighted by Crippen LogP contribution is -2.54. The van der Waals surface area contributed by atoms with Crippen LogP contribution in [0.15, 0.2) is 24.3 Å². The van der Waals surface area contributed by atoms with Crippen LogP contribution in [0.1, 0.15) is 66.4 Å². The highest BCUT2D eigenvalue weighted by Crippen LogP contribution is 2.46. The van der Waals surface area contributed by atoms with Gasteiger partial charge in [-0.25, -0.2) is 4.79 Å². The Morgan fingerprint density at radius 2 is 1.86 bits per heavy atom. The summed E-state index contributed by atoms with van der Waals surface area (Å²) in [5, 5.41) is 5.81. The van der Waals surface area contributed by atoms with Gasteiger partial charge in [-0.15, -0.1) is 0 Å². The third kappa shape index (κ3) is 4.31. The molecule has 29 heavy (non-hydrogen) atoms. The summed E-state index contributed by atoms with van der Waals surface area (Å²) in [4.78, 5) is 39.6. The number of urea groups is 1. The lowest BCUT2D eigenvalue weighted by Gasteiger charge is -2.43. The van der Waals surface area contributed by atoms with Crippen LogP contribution in [0, 0.1) is 11.3 Å². The SMILES string of the molecule is CC1CC(C)(C)CC2(C1)NC(=O)N(CC(=O)Nc1ccccc1C(C)(C)C)C2=O. The first-order valence-electron chi connectivity index (χ1n) is 10.4. The molecule has 1 saturated carbocycles. The molecule has 2 atom stereocenters. The minimum Gasteiger partial charge on any atom is -0.324 e. The average Bonchev–Trinajstić information content (AvgIpc) is 2.76.